The van der Waals surface area contributed by atoms with Gasteiger partial charge in [0.1, 0.15) is 11.1 Å². The fourth-order valence-electron chi connectivity index (χ4n) is 1.85. The molecule has 1 unspecified atom stereocenters. The van der Waals surface area contributed by atoms with Gasteiger partial charge in [-0.15, -0.1) is 0 Å². The lowest BCUT2D eigenvalue weighted by molar-refractivity contribution is 0.0743. The summed E-state index contributed by atoms with van der Waals surface area (Å²) in [5, 5.41) is -0.829. The third-order valence-corrected chi connectivity index (χ3v) is 5.48. The van der Waals surface area contributed by atoms with E-state index < -0.39 is 21.1 Å². The maximum atomic E-state index is 12.4. The summed E-state index contributed by atoms with van der Waals surface area (Å²) in [5.41, 5.74) is 2.37. The topological polar surface area (TPSA) is 118 Å². The van der Waals surface area contributed by atoms with Crippen LogP contribution in [-0.4, -0.2) is 58.9 Å². The summed E-state index contributed by atoms with van der Waals surface area (Å²) >= 11 is 1.51. The summed E-state index contributed by atoms with van der Waals surface area (Å²) in [6.45, 7) is 0.364. The fourth-order valence-corrected chi connectivity index (χ4v) is 4.67. The zero-order valence-electron chi connectivity index (χ0n) is 10.8. The Kier molecular flexibility index (Phi) is 4.45. The number of hydrogen-bond donors (Lipinski definition) is 2. The summed E-state index contributed by atoms with van der Waals surface area (Å²) in [6, 6.07) is 0. The van der Waals surface area contributed by atoms with Crippen LogP contribution in [0.1, 0.15) is 10.5 Å². The quantitative estimate of drug-likeness (QED) is 0.556. The van der Waals surface area contributed by atoms with E-state index in [2.05, 4.69) is 15.4 Å². The van der Waals surface area contributed by atoms with Crippen LogP contribution in [0.15, 0.2) is 12.4 Å². The second-order valence-corrected chi connectivity index (χ2v) is 7.64. The van der Waals surface area contributed by atoms with E-state index in [-0.39, 0.29) is 11.5 Å². The van der Waals surface area contributed by atoms with Gasteiger partial charge in [-0.3, -0.25) is 9.78 Å². The molecular weight excluding hydrogens is 302 g/mol. The van der Waals surface area contributed by atoms with Gasteiger partial charge in [-0.2, -0.15) is 11.8 Å². The van der Waals surface area contributed by atoms with Gasteiger partial charge in [-0.1, -0.05) is 0 Å². The van der Waals surface area contributed by atoms with E-state index >= 15 is 0 Å². The molecule has 1 aromatic heterocycles. The molecule has 10 heteroatoms. The minimum atomic E-state index is -3.35. The van der Waals surface area contributed by atoms with Gasteiger partial charge in [0.15, 0.2) is 15.7 Å². The molecular formula is C10H15N5O3S2. The largest absolute Gasteiger partial charge is 0.319 e. The number of nitrogens with zero attached hydrogens (tertiary/aromatic N) is 3. The standard InChI is InChI=1S/C10H15N5O3S2/c1-20(17,18)9-6-19-3-2-15(9)10(16)7-4-12-5-8(13-7)14-11/h4-5,9H,2-3,6,11H2,1H3,(H,13,14). The van der Waals surface area contributed by atoms with Crippen LogP contribution in [0.25, 0.3) is 0 Å². The average Bonchev–Trinajstić information content (AvgIpc) is 2.45. The molecule has 0 radical (unpaired) electrons. The highest BCUT2D eigenvalue weighted by Gasteiger charge is 2.35. The van der Waals surface area contributed by atoms with Crippen molar-refractivity contribution in [3.05, 3.63) is 18.1 Å². The first-order valence-corrected chi connectivity index (χ1v) is 8.90. The van der Waals surface area contributed by atoms with Gasteiger partial charge in [0.25, 0.3) is 5.91 Å². The maximum Gasteiger partial charge on any atom is 0.275 e. The van der Waals surface area contributed by atoms with Gasteiger partial charge in [-0.25, -0.2) is 19.2 Å². The molecule has 1 saturated heterocycles. The minimum Gasteiger partial charge on any atom is -0.319 e. The summed E-state index contributed by atoms with van der Waals surface area (Å²) in [7, 11) is -3.35. The van der Waals surface area contributed by atoms with Gasteiger partial charge in [0, 0.05) is 24.3 Å². The molecule has 0 saturated carbocycles. The number of hydrazine groups is 1. The highest BCUT2D eigenvalue weighted by molar-refractivity contribution is 8.00. The second kappa shape index (κ2) is 5.94. The molecule has 0 aliphatic carbocycles. The average molecular weight is 317 g/mol. The van der Waals surface area contributed by atoms with Crippen molar-refractivity contribution in [1.29, 1.82) is 0 Å². The molecule has 110 valence electrons. The lowest BCUT2D eigenvalue weighted by Gasteiger charge is -2.33. The molecule has 0 bridgehead atoms. The van der Waals surface area contributed by atoms with Gasteiger partial charge < -0.3 is 10.3 Å². The molecule has 1 atom stereocenters. The van der Waals surface area contributed by atoms with Crippen molar-refractivity contribution in [2.24, 2.45) is 5.84 Å². The molecule has 8 nitrogen and oxygen atoms in total. The number of sulfone groups is 1. The van der Waals surface area contributed by atoms with Crippen molar-refractivity contribution in [2.45, 2.75) is 5.37 Å². The normalized spacial score (nSPS) is 19.7. The second-order valence-electron chi connectivity index (χ2n) is 4.29. The van der Waals surface area contributed by atoms with Gasteiger partial charge in [0.2, 0.25) is 0 Å². The third kappa shape index (κ3) is 3.19. The molecule has 2 rings (SSSR count). The molecule has 2 heterocycles. The first kappa shape index (κ1) is 15.0. The Morgan fingerprint density at radius 3 is 2.95 bits per heavy atom. The van der Waals surface area contributed by atoms with E-state index in [4.69, 9.17) is 5.84 Å². The highest BCUT2D eigenvalue weighted by Crippen LogP contribution is 2.22. The zero-order valence-corrected chi connectivity index (χ0v) is 12.4. The Labute approximate surface area is 121 Å². The lowest BCUT2D eigenvalue weighted by atomic mass is 10.3. The number of aromatic nitrogens is 2. The van der Waals surface area contributed by atoms with Crippen molar-refractivity contribution in [2.75, 3.05) is 29.7 Å². The fraction of sp³-hybridized carbons (Fsp3) is 0.500. The van der Waals surface area contributed by atoms with E-state index in [0.717, 1.165) is 6.26 Å². The van der Waals surface area contributed by atoms with Crippen LogP contribution in [0.5, 0.6) is 0 Å². The third-order valence-electron chi connectivity index (χ3n) is 2.84. The molecule has 3 N–H and O–H groups in total. The number of anilines is 1. The van der Waals surface area contributed by atoms with Gasteiger partial charge in [0.05, 0.1) is 12.4 Å². The predicted octanol–water partition coefficient (Wildman–Crippen LogP) is -0.678. The van der Waals surface area contributed by atoms with Crippen LogP contribution in [0.3, 0.4) is 0 Å². The monoisotopic (exact) mass is 317 g/mol. The molecule has 20 heavy (non-hydrogen) atoms. The van der Waals surface area contributed by atoms with E-state index in [1.54, 1.807) is 0 Å². The first-order valence-electron chi connectivity index (χ1n) is 5.79. The van der Waals surface area contributed by atoms with Crippen LogP contribution < -0.4 is 11.3 Å². The Morgan fingerprint density at radius 1 is 1.55 bits per heavy atom. The summed E-state index contributed by atoms with van der Waals surface area (Å²) < 4.78 is 23.6. The Morgan fingerprint density at radius 2 is 2.30 bits per heavy atom. The van der Waals surface area contributed by atoms with Crippen LogP contribution in [0.4, 0.5) is 5.82 Å². The smallest absolute Gasteiger partial charge is 0.275 e. The SMILES string of the molecule is CS(=O)(=O)C1CSCCN1C(=O)c1cncc(NN)n1. The number of nitrogens with two attached hydrogens (primary N) is 1. The van der Waals surface area contributed by atoms with Crippen LogP contribution in [-0.2, 0) is 9.84 Å². The van der Waals surface area contributed by atoms with E-state index in [0.29, 0.717) is 18.1 Å². The van der Waals surface area contributed by atoms with E-state index in [1.807, 2.05) is 0 Å². The number of carbonyl (C=O) groups is 1. The Bertz CT molecular complexity index is 607. The molecule has 1 aliphatic rings. The lowest BCUT2D eigenvalue weighted by Crippen LogP contribution is -2.50. The first-order chi connectivity index (χ1) is 9.43. The number of nitrogen functional groups attached to an aromatic ring is 1. The van der Waals surface area contributed by atoms with Crippen molar-refractivity contribution >= 4 is 33.3 Å². The van der Waals surface area contributed by atoms with Gasteiger partial charge >= 0.3 is 0 Å². The zero-order chi connectivity index (χ0) is 14.8. The highest BCUT2D eigenvalue weighted by atomic mass is 32.2. The molecule has 1 aromatic rings. The maximum absolute atomic E-state index is 12.4. The molecule has 1 fully saturated rings. The van der Waals surface area contributed by atoms with Crippen LogP contribution in [0.2, 0.25) is 0 Å². The van der Waals surface area contributed by atoms with Crippen molar-refractivity contribution in [3.63, 3.8) is 0 Å². The summed E-state index contributed by atoms with van der Waals surface area (Å²) in [5.74, 6) is 6.07. The number of hydrogen-bond acceptors (Lipinski definition) is 8. The number of rotatable bonds is 3. The van der Waals surface area contributed by atoms with Crippen molar-refractivity contribution in [3.8, 4) is 0 Å². The number of thioether (sulfide) groups is 1. The molecule has 0 spiro atoms. The molecule has 0 aromatic carbocycles. The van der Waals surface area contributed by atoms with Crippen molar-refractivity contribution in [1.82, 2.24) is 14.9 Å². The van der Waals surface area contributed by atoms with Crippen LogP contribution in [0, 0.1) is 0 Å². The van der Waals surface area contributed by atoms with E-state index in [1.165, 1.54) is 29.1 Å². The Hall–Kier alpha value is -1.39. The molecule has 1 amide bonds. The van der Waals surface area contributed by atoms with Gasteiger partial charge in [-0.05, 0) is 0 Å². The van der Waals surface area contributed by atoms with Crippen LogP contribution >= 0.6 is 11.8 Å². The number of nitrogens with one attached hydrogen (secondary N) is 1. The van der Waals surface area contributed by atoms with Crippen molar-refractivity contribution < 1.29 is 13.2 Å². The number of amides is 1. The number of carbonyl (C=O) groups excluding carboxylic acids is 1. The molecule has 1 aliphatic heterocycles. The summed E-state index contributed by atoms with van der Waals surface area (Å²) in [4.78, 5) is 21.6. The minimum absolute atomic E-state index is 0.0704. The predicted molar refractivity (Wildman–Crippen MR) is 76.8 cm³/mol. The summed E-state index contributed by atoms with van der Waals surface area (Å²) in [6.07, 6.45) is 3.80. The Balaban J connectivity index is 2.30. The van der Waals surface area contributed by atoms with E-state index in [9.17, 15) is 13.2 Å².